The molecule has 0 saturated carbocycles. The van der Waals surface area contributed by atoms with E-state index >= 15 is 0 Å². The highest BCUT2D eigenvalue weighted by atomic mass is 32.1. The van der Waals surface area contributed by atoms with Crippen LogP contribution in [0.5, 0.6) is 0 Å². The molecular weight excluding hydrogens is 403 g/mol. The van der Waals surface area contributed by atoms with Crippen LogP contribution in [0.4, 0.5) is 0 Å². The summed E-state index contributed by atoms with van der Waals surface area (Å²) in [5.74, 6) is 2.92. The van der Waals surface area contributed by atoms with Gasteiger partial charge in [0.25, 0.3) is 0 Å². The second kappa shape index (κ2) is 9.37. The molecule has 0 bridgehead atoms. The van der Waals surface area contributed by atoms with E-state index in [1.165, 1.54) is 46.1 Å². The molecule has 0 spiro atoms. The molecule has 0 atom stereocenters. The molecular formula is C30H42BS. The third-order valence-electron chi connectivity index (χ3n) is 7.50. The SMILES string of the molecule is C=C/C(=C\C=C\[B]c1cc2cc3c(cc2s1)C(C)(C)CCC3(C)C)C(C)(C)CCC(C)C. The van der Waals surface area contributed by atoms with Crippen LogP contribution in [0.2, 0.25) is 0 Å². The van der Waals surface area contributed by atoms with Crippen molar-refractivity contribution in [1.29, 1.82) is 0 Å². The second-order valence-electron chi connectivity index (χ2n) is 12.0. The van der Waals surface area contributed by atoms with E-state index in [1.54, 1.807) is 11.1 Å². The van der Waals surface area contributed by atoms with Crippen LogP contribution in [-0.4, -0.2) is 7.28 Å². The first-order valence-electron chi connectivity index (χ1n) is 12.3. The number of hydrogen-bond acceptors (Lipinski definition) is 1. The average molecular weight is 446 g/mol. The molecule has 32 heavy (non-hydrogen) atoms. The molecule has 1 aromatic carbocycles. The average Bonchev–Trinajstić information content (AvgIpc) is 3.11. The van der Waals surface area contributed by atoms with Gasteiger partial charge in [-0.05, 0) is 86.5 Å². The Kier molecular flexibility index (Phi) is 7.35. The molecule has 1 aliphatic carbocycles. The smallest absolute Gasteiger partial charge is 0.151 e. The van der Waals surface area contributed by atoms with E-state index in [2.05, 4.69) is 106 Å². The molecule has 0 aliphatic heterocycles. The number of fused-ring (bicyclic) bond motifs is 2. The summed E-state index contributed by atoms with van der Waals surface area (Å²) in [4.78, 5) is 0. The van der Waals surface area contributed by atoms with E-state index in [4.69, 9.17) is 0 Å². The zero-order valence-corrected chi connectivity index (χ0v) is 22.5. The normalized spacial score (nSPS) is 18.3. The summed E-state index contributed by atoms with van der Waals surface area (Å²) in [5.41, 5.74) is 5.10. The minimum absolute atomic E-state index is 0.159. The van der Waals surface area contributed by atoms with Crippen LogP contribution in [0.1, 0.15) is 92.2 Å². The number of benzene rings is 1. The first kappa shape index (κ1) is 25.1. The fourth-order valence-corrected chi connectivity index (χ4v) is 5.88. The maximum atomic E-state index is 4.07. The van der Waals surface area contributed by atoms with Gasteiger partial charge in [-0.3, -0.25) is 0 Å². The van der Waals surface area contributed by atoms with Crippen molar-refractivity contribution in [2.45, 2.75) is 91.9 Å². The standard InChI is InChI=1S/C30H42BS/c1-10-23(28(4,5)14-13-21(2)3)12-11-17-31-27-19-22-18-24-25(20-26(22)32-27)30(8,9)16-15-29(24,6)7/h10-12,17-21H,1,13-16H2,2-9H3/b17-11+,23-12+. The lowest BCUT2D eigenvalue weighted by Crippen LogP contribution is -2.33. The minimum atomic E-state index is 0.159. The van der Waals surface area contributed by atoms with Crippen LogP contribution < -0.4 is 4.78 Å². The van der Waals surface area contributed by atoms with Gasteiger partial charge in [-0.1, -0.05) is 86.6 Å². The van der Waals surface area contributed by atoms with Gasteiger partial charge in [0, 0.05) is 4.70 Å². The van der Waals surface area contributed by atoms with Gasteiger partial charge in [-0.2, -0.15) is 11.3 Å². The maximum absolute atomic E-state index is 4.07. The van der Waals surface area contributed by atoms with Gasteiger partial charge in [0.15, 0.2) is 7.28 Å². The third-order valence-corrected chi connectivity index (χ3v) is 8.57. The summed E-state index contributed by atoms with van der Waals surface area (Å²) in [5, 5.41) is 1.39. The topological polar surface area (TPSA) is 0 Å². The Balaban J connectivity index is 1.79. The van der Waals surface area contributed by atoms with Crippen LogP contribution in [0.25, 0.3) is 10.1 Å². The quantitative estimate of drug-likeness (QED) is 0.282. The molecule has 0 saturated heterocycles. The number of thiophene rings is 1. The van der Waals surface area contributed by atoms with Gasteiger partial charge in [-0.15, -0.1) is 5.98 Å². The fourth-order valence-electron chi connectivity index (χ4n) is 4.88. The predicted molar refractivity (Wildman–Crippen MR) is 148 cm³/mol. The molecule has 2 aromatic rings. The summed E-state index contributed by atoms with van der Waals surface area (Å²) in [6.07, 6.45) is 11.4. The molecule has 0 nitrogen and oxygen atoms in total. The van der Waals surface area contributed by atoms with Crippen molar-refractivity contribution in [3.63, 3.8) is 0 Å². The van der Waals surface area contributed by atoms with Gasteiger partial charge >= 0.3 is 0 Å². The summed E-state index contributed by atoms with van der Waals surface area (Å²) in [7, 11) is 2.25. The van der Waals surface area contributed by atoms with E-state index in [-0.39, 0.29) is 16.2 Å². The van der Waals surface area contributed by atoms with Crippen molar-refractivity contribution >= 4 is 33.5 Å². The third kappa shape index (κ3) is 5.50. The molecule has 0 fully saturated rings. The van der Waals surface area contributed by atoms with Gasteiger partial charge in [-0.25, -0.2) is 0 Å². The lowest BCUT2D eigenvalue weighted by molar-refractivity contribution is 0.332. The zero-order valence-electron chi connectivity index (χ0n) is 21.6. The summed E-state index contributed by atoms with van der Waals surface area (Å²) in [6, 6.07) is 7.30. The van der Waals surface area contributed by atoms with E-state index in [9.17, 15) is 0 Å². The lowest BCUT2D eigenvalue weighted by atomic mass is 9.63. The van der Waals surface area contributed by atoms with E-state index in [1.807, 2.05) is 17.4 Å². The zero-order chi connectivity index (χ0) is 23.7. The van der Waals surface area contributed by atoms with Gasteiger partial charge in [0.2, 0.25) is 0 Å². The Morgan fingerprint density at radius 1 is 1.09 bits per heavy atom. The molecule has 1 aromatic heterocycles. The first-order chi connectivity index (χ1) is 14.9. The summed E-state index contributed by atoms with van der Waals surface area (Å²) in [6.45, 7) is 22.9. The molecule has 3 rings (SSSR count). The minimum Gasteiger partial charge on any atom is -0.151 e. The molecule has 171 valence electrons. The van der Waals surface area contributed by atoms with Crippen LogP contribution in [0.3, 0.4) is 0 Å². The molecule has 1 radical (unpaired) electrons. The Labute approximate surface area is 202 Å². The number of rotatable bonds is 8. The molecule has 0 unspecified atom stereocenters. The highest BCUT2D eigenvalue weighted by Gasteiger charge is 2.37. The maximum Gasteiger partial charge on any atom is 0.195 e. The first-order valence-corrected chi connectivity index (χ1v) is 13.1. The second-order valence-corrected chi connectivity index (χ2v) is 13.2. The van der Waals surface area contributed by atoms with Gasteiger partial charge < -0.3 is 0 Å². The Bertz CT molecular complexity index is 974. The van der Waals surface area contributed by atoms with Gasteiger partial charge in [0.1, 0.15) is 0 Å². The molecule has 0 amide bonds. The summed E-state index contributed by atoms with van der Waals surface area (Å²) >= 11 is 1.90. The van der Waals surface area contributed by atoms with Crippen LogP contribution >= 0.6 is 11.3 Å². The van der Waals surface area contributed by atoms with Crippen molar-refractivity contribution in [3.05, 3.63) is 65.7 Å². The largest absolute Gasteiger partial charge is 0.195 e. The van der Waals surface area contributed by atoms with Gasteiger partial charge in [0.05, 0.1) is 0 Å². The van der Waals surface area contributed by atoms with Crippen molar-refractivity contribution in [3.8, 4) is 0 Å². The van der Waals surface area contributed by atoms with Crippen molar-refractivity contribution in [2.24, 2.45) is 11.3 Å². The number of allylic oxidation sites excluding steroid dienone is 4. The Morgan fingerprint density at radius 3 is 2.31 bits per heavy atom. The van der Waals surface area contributed by atoms with Crippen LogP contribution in [0.15, 0.2) is 54.6 Å². The monoisotopic (exact) mass is 445 g/mol. The van der Waals surface area contributed by atoms with Crippen molar-refractivity contribution in [1.82, 2.24) is 0 Å². The van der Waals surface area contributed by atoms with Crippen molar-refractivity contribution < 1.29 is 0 Å². The number of hydrogen-bond donors (Lipinski definition) is 0. The molecule has 0 N–H and O–H groups in total. The molecule has 1 heterocycles. The molecule has 2 heteroatoms. The Hall–Kier alpha value is -1.54. The summed E-state index contributed by atoms with van der Waals surface area (Å²) < 4.78 is 2.73. The highest BCUT2D eigenvalue weighted by Crippen LogP contribution is 2.47. The van der Waals surface area contributed by atoms with Crippen molar-refractivity contribution in [2.75, 3.05) is 0 Å². The Morgan fingerprint density at radius 2 is 1.72 bits per heavy atom. The van der Waals surface area contributed by atoms with E-state index in [0.29, 0.717) is 0 Å². The van der Waals surface area contributed by atoms with Crippen LogP contribution in [-0.2, 0) is 10.8 Å². The lowest BCUT2D eigenvalue weighted by Gasteiger charge is -2.41. The predicted octanol–water partition coefficient (Wildman–Crippen LogP) is 8.67. The fraction of sp³-hybridized carbons (Fsp3) is 0.533. The van der Waals surface area contributed by atoms with Crippen LogP contribution in [0, 0.1) is 11.3 Å². The van der Waals surface area contributed by atoms with E-state index in [0.717, 1.165) is 5.92 Å². The highest BCUT2D eigenvalue weighted by molar-refractivity contribution is 7.27. The molecule has 1 aliphatic rings. The van der Waals surface area contributed by atoms with E-state index < -0.39 is 0 Å².